The Bertz CT molecular complexity index is 309. The lowest BCUT2D eigenvalue weighted by Gasteiger charge is -2.32. The predicted octanol–water partition coefficient (Wildman–Crippen LogP) is 1.22. The van der Waals surface area contributed by atoms with Crippen LogP contribution in [0.25, 0.3) is 0 Å². The van der Waals surface area contributed by atoms with E-state index in [-0.39, 0.29) is 6.04 Å². The number of carbonyl (C=O) groups excluding carboxylic acids is 1. The molecule has 3 aliphatic rings. The highest BCUT2D eigenvalue weighted by atomic mass is 16.2. The van der Waals surface area contributed by atoms with Crippen LogP contribution in [0.5, 0.6) is 0 Å². The minimum absolute atomic E-state index is 0.105. The van der Waals surface area contributed by atoms with Crippen LogP contribution in [0.4, 0.5) is 0 Å². The first-order chi connectivity index (χ1) is 9.34. The van der Waals surface area contributed by atoms with Crippen LogP contribution >= 0.6 is 0 Å². The summed E-state index contributed by atoms with van der Waals surface area (Å²) < 4.78 is 0. The Morgan fingerprint density at radius 2 is 1.79 bits per heavy atom. The van der Waals surface area contributed by atoms with Crippen LogP contribution in [0.2, 0.25) is 0 Å². The molecule has 0 aromatic heterocycles. The third kappa shape index (κ3) is 3.11. The Balaban J connectivity index is 1.51. The third-order valence-corrected chi connectivity index (χ3v) is 4.99. The molecule has 0 radical (unpaired) electrons. The van der Waals surface area contributed by atoms with E-state index >= 15 is 0 Å². The largest absolute Gasteiger partial charge is 0.340 e. The summed E-state index contributed by atoms with van der Waals surface area (Å²) >= 11 is 0. The molecule has 0 saturated carbocycles. The van der Waals surface area contributed by atoms with Gasteiger partial charge in [-0.05, 0) is 51.7 Å². The minimum atomic E-state index is 0.105. The zero-order valence-corrected chi connectivity index (χ0v) is 11.9. The van der Waals surface area contributed by atoms with Crippen LogP contribution < -0.4 is 5.32 Å². The van der Waals surface area contributed by atoms with Crippen molar-refractivity contribution in [1.82, 2.24) is 15.1 Å². The van der Waals surface area contributed by atoms with Crippen LogP contribution in [0.3, 0.4) is 0 Å². The summed E-state index contributed by atoms with van der Waals surface area (Å²) in [7, 11) is 0. The first kappa shape index (κ1) is 13.4. The molecule has 1 unspecified atom stereocenters. The summed E-state index contributed by atoms with van der Waals surface area (Å²) in [6.45, 7) is 5.44. The summed E-state index contributed by atoms with van der Waals surface area (Å²) in [4.78, 5) is 17.2. The van der Waals surface area contributed by atoms with Crippen LogP contribution in [0.1, 0.15) is 44.9 Å². The zero-order chi connectivity index (χ0) is 13.1. The van der Waals surface area contributed by atoms with E-state index in [9.17, 15) is 4.79 Å². The summed E-state index contributed by atoms with van der Waals surface area (Å²) in [5.74, 6) is 0.360. The van der Waals surface area contributed by atoms with Gasteiger partial charge in [-0.3, -0.25) is 9.69 Å². The Kier molecular flexibility index (Phi) is 4.38. The highest BCUT2D eigenvalue weighted by molar-refractivity contribution is 5.82. The smallest absolute Gasteiger partial charge is 0.239 e. The average Bonchev–Trinajstić information content (AvgIpc) is 2.98. The SMILES string of the molecule is O=C([C@@H]1CCCCN1)N1CCC(N2CCCCC2)C1. The van der Waals surface area contributed by atoms with Gasteiger partial charge in [-0.15, -0.1) is 0 Å². The van der Waals surface area contributed by atoms with Gasteiger partial charge < -0.3 is 10.2 Å². The van der Waals surface area contributed by atoms with Gasteiger partial charge >= 0.3 is 0 Å². The van der Waals surface area contributed by atoms with E-state index in [1.54, 1.807) is 0 Å². The van der Waals surface area contributed by atoms with E-state index in [0.717, 1.165) is 26.1 Å². The first-order valence-electron chi connectivity index (χ1n) is 8.11. The number of hydrogen-bond donors (Lipinski definition) is 1. The van der Waals surface area contributed by atoms with Gasteiger partial charge in [0.1, 0.15) is 0 Å². The van der Waals surface area contributed by atoms with Gasteiger partial charge in [0.2, 0.25) is 5.91 Å². The van der Waals surface area contributed by atoms with Gasteiger partial charge in [0.25, 0.3) is 0 Å². The molecule has 0 spiro atoms. The fraction of sp³-hybridized carbons (Fsp3) is 0.933. The second-order valence-electron chi connectivity index (χ2n) is 6.33. The lowest BCUT2D eigenvalue weighted by molar-refractivity contribution is -0.133. The molecule has 1 amide bonds. The number of hydrogen-bond acceptors (Lipinski definition) is 3. The second-order valence-corrected chi connectivity index (χ2v) is 6.33. The summed E-state index contributed by atoms with van der Waals surface area (Å²) in [6, 6.07) is 0.738. The second kappa shape index (κ2) is 6.23. The molecule has 3 fully saturated rings. The van der Waals surface area contributed by atoms with Gasteiger partial charge in [0, 0.05) is 19.1 Å². The zero-order valence-electron chi connectivity index (χ0n) is 11.9. The predicted molar refractivity (Wildman–Crippen MR) is 76.1 cm³/mol. The molecule has 0 bridgehead atoms. The maximum atomic E-state index is 12.5. The average molecular weight is 265 g/mol. The minimum Gasteiger partial charge on any atom is -0.340 e. The number of amides is 1. The Morgan fingerprint density at radius 1 is 0.947 bits per heavy atom. The van der Waals surface area contributed by atoms with E-state index in [2.05, 4.69) is 15.1 Å². The molecule has 19 heavy (non-hydrogen) atoms. The molecule has 3 saturated heterocycles. The fourth-order valence-electron chi connectivity index (χ4n) is 3.81. The molecular formula is C15H27N3O. The lowest BCUT2D eigenvalue weighted by Crippen LogP contribution is -2.49. The molecule has 3 heterocycles. The van der Waals surface area contributed by atoms with Gasteiger partial charge in [-0.1, -0.05) is 12.8 Å². The van der Waals surface area contributed by atoms with Crippen molar-refractivity contribution in [2.45, 2.75) is 57.0 Å². The van der Waals surface area contributed by atoms with Crippen molar-refractivity contribution in [3.8, 4) is 0 Å². The van der Waals surface area contributed by atoms with Crippen LogP contribution in [0, 0.1) is 0 Å². The van der Waals surface area contributed by atoms with Gasteiger partial charge in [0.05, 0.1) is 6.04 Å². The van der Waals surface area contributed by atoms with Crippen molar-refractivity contribution in [3.05, 3.63) is 0 Å². The van der Waals surface area contributed by atoms with E-state index in [1.165, 1.54) is 51.6 Å². The maximum Gasteiger partial charge on any atom is 0.239 e. The molecule has 0 aromatic carbocycles. The molecule has 4 heteroatoms. The molecule has 0 aliphatic carbocycles. The molecule has 4 nitrogen and oxygen atoms in total. The Hall–Kier alpha value is -0.610. The normalized spacial score (nSPS) is 33.6. The maximum absolute atomic E-state index is 12.5. The summed E-state index contributed by atoms with van der Waals surface area (Å²) in [5.41, 5.74) is 0. The molecule has 3 rings (SSSR count). The highest BCUT2D eigenvalue weighted by Gasteiger charge is 2.34. The van der Waals surface area contributed by atoms with Gasteiger partial charge in [-0.25, -0.2) is 0 Å². The Morgan fingerprint density at radius 3 is 2.53 bits per heavy atom. The van der Waals surface area contributed by atoms with E-state index < -0.39 is 0 Å². The topological polar surface area (TPSA) is 35.6 Å². The summed E-state index contributed by atoms with van der Waals surface area (Å²) in [6.07, 6.45) is 8.70. The number of nitrogens with zero attached hydrogens (tertiary/aromatic N) is 2. The van der Waals surface area contributed by atoms with E-state index in [4.69, 9.17) is 0 Å². The van der Waals surface area contributed by atoms with Crippen LogP contribution in [-0.4, -0.2) is 60.5 Å². The van der Waals surface area contributed by atoms with Gasteiger partial charge in [0.15, 0.2) is 0 Å². The van der Waals surface area contributed by atoms with Crippen LogP contribution in [-0.2, 0) is 4.79 Å². The van der Waals surface area contributed by atoms with Crippen molar-refractivity contribution in [2.75, 3.05) is 32.7 Å². The van der Waals surface area contributed by atoms with Gasteiger partial charge in [-0.2, -0.15) is 0 Å². The molecule has 1 N–H and O–H groups in total. The lowest BCUT2D eigenvalue weighted by atomic mass is 10.0. The molecular weight excluding hydrogens is 238 g/mol. The fourth-order valence-corrected chi connectivity index (χ4v) is 3.81. The molecule has 2 atom stereocenters. The number of carbonyl (C=O) groups is 1. The number of likely N-dealkylation sites (tertiary alicyclic amines) is 2. The summed E-state index contributed by atoms with van der Waals surface area (Å²) in [5, 5.41) is 3.39. The van der Waals surface area contributed by atoms with E-state index in [0.29, 0.717) is 11.9 Å². The van der Waals surface area contributed by atoms with Crippen molar-refractivity contribution in [1.29, 1.82) is 0 Å². The van der Waals surface area contributed by atoms with Crippen LogP contribution in [0.15, 0.2) is 0 Å². The van der Waals surface area contributed by atoms with Crippen molar-refractivity contribution < 1.29 is 4.79 Å². The quantitative estimate of drug-likeness (QED) is 0.815. The first-order valence-corrected chi connectivity index (χ1v) is 8.11. The molecule has 0 aromatic rings. The van der Waals surface area contributed by atoms with E-state index in [1.807, 2.05) is 0 Å². The Labute approximate surface area is 116 Å². The van der Waals surface area contributed by atoms with Crippen molar-refractivity contribution in [2.24, 2.45) is 0 Å². The van der Waals surface area contributed by atoms with Crippen molar-refractivity contribution >= 4 is 5.91 Å². The number of piperidine rings is 2. The highest BCUT2D eigenvalue weighted by Crippen LogP contribution is 2.21. The molecule has 108 valence electrons. The van der Waals surface area contributed by atoms with Crippen molar-refractivity contribution in [3.63, 3.8) is 0 Å². The monoisotopic (exact) mass is 265 g/mol. The number of rotatable bonds is 2. The standard InChI is InChI=1S/C15H27N3O/c19-15(14-6-2-3-8-16-14)18-11-7-13(12-18)17-9-4-1-5-10-17/h13-14,16H,1-12H2/t13?,14-/m0/s1. The number of nitrogens with one attached hydrogen (secondary N) is 1. The third-order valence-electron chi connectivity index (χ3n) is 4.99. The molecule has 3 aliphatic heterocycles.